The normalized spacial score (nSPS) is 12.2. The van der Waals surface area contributed by atoms with Gasteiger partial charge in [0.25, 0.3) is 0 Å². The summed E-state index contributed by atoms with van der Waals surface area (Å²) in [4.78, 5) is 4.52. The van der Waals surface area contributed by atoms with Gasteiger partial charge in [0.1, 0.15) is 12.4 Å². The van der Waals surface area contributed by atoms with E-state index in [4.69, 9.17) is 4.74 Å². The van der Waals surface area contributed by atoms with Gasteiger partial charge < -0.3 is 9.84 Å². The monoisotopic (exact) mass is 345 g/mol. The van der Waals surface area contributed by atoms with Gasteiger partial charge >= 0.3 is 0 Å². The minimum atomic E-state index is -0.133. The van der Waals surface area contributed by atoms with Crippen LogP contribution in [0.15, 0.2) is 89.9 Å². The predicted molar refractivity (Wildman–Crippen MR) is 106 cm³/mol. The molecule has 0 saturated carbocycles. The van der Waals surface area contributed by atoms with Crippen molar-refractivity contribution < 1.29 is 9.84 Å². The summed E-state index contributed by atoms with van der Waals surface area (Å²) in [7, 11) is 0. The SMILES string of the molecule is OCC(Cc1ccccc1)N=Cc1ccc(OCc2ccccc2)cc1. The second-order valence-electron chi connectivity index (χ2n) is 6.15. The van der Waals surface area contributed by atoms with Gasteiger partial charge in [-0.1, -0.05) is 60.7 Å². The quantitative estimate of drug-likeness (QED) is 0.619. The summed E-state index contributed by atoms with van der Waals surface area (Å²) < 4.78 is 5.79. The predicted octanol–water partition coefficient (Wildman–Crippen LogP) is 4.29. The molecule has 0 bridgehead atoms. The molecule has 0 aliphatic heterocycles. The summed E-state index contributed by atoms with van der Waals surface area (Å²) >= 11 is 0. The van der Waals surface area contributed by atoms with Crippen LogP contribution in [0.1, 0.15) is 16.7 Å². The summed E-state index contributed by atoms with van der Waals surface area (Å²) in [6, 6.07) is 27.9. The van der Waals surface area contributed by atoms with E-state index in [9.17, 15) is 5.11 Å². The average molecular weight is 345 g/mol. The van der Waals surface area contributed by atoms with Gasteiger partial charge in [0.15, 0.2) is 0 Å². The Morgan fingerprint density at radius 2 is 1.42 bits per heavy atom. The highest BCUT2D eigenvalue weighted by Gasteiger charge is 2.05. The second-order valence-corrected chi connectivity index (χ2v) is 6.15. The first-order valence-corrected chi connectivity index (χ1v) is 8.78. The Hall–Kier alpha value is -2.91. The van der Waals surface area contributed by atoms with Gasteiger partial charge in [-0.3, -0.25) is 4.99 Å². The van der Waals surface area contributed by atoms with Gasteiger partial charge in [0, 0.05) is 6.21 Å². The molecular weight excluding hydrogens is 322 g/mol. The lowest BCUT2D eigenvalue weighted by Crippen LogP contribution is -2.14. The van der Waals surface area contributed by atoms with Crippen molar-refractivity contribution in [2.75, 3.05) is 6.61 Å². The van der Waals surface area contributed by atoms with Crippen molar-refractivity contribution in [3.8, 4) is 5.75 Å². The van der Waals surface area contributed by atoms with E-state index in [2.05, 4.69) is 17.1 Å². The largest absolute Gasteiger partial charge is 0.489 e. The fourth-order valence-electron chi connectivity index (χ4n) is 2.63. The number of benzene rings is 3. The highest BCUT2D eigenvalue weighted by atomic mass is 16.5. The number of aliphatic imine (C=N–C) groups is 1. The molecule has 0 saturated heterocycles. The van der Waals surface area contributed by atoms with E-state index in [1.54, 1.807) is 0 Å². The van der Waals surface area contributed by atoms with Crippen LogP contribution in [0.2, 0.25) is 0 Å². The molecule has 1 unspecified atom stereocenters. The topological polar surface area (TPSA) is 41.8 Å². The van der Waals surface area contributed by atoms with Crippen molar-refractivity contribution in [3.05, 3.63) is 102 Å². The summed E-state index contributed by atoms with van der Waals surface area (Å²) in [6.07, 6.45) is 2.54. The number of aliphatic hydroxyl groups excluding tert-OH is 1. The van der Waals surface area contributed by atoms with Crippen molar-refractivity contribution in [1.82, 2.24) is 0 Å². The zero-order valence-electron chi connectivity index (χ0n) is 14.7. The zero-order chi connectivity index (χ0) is 18.0. The van der Waals surface area contributed by atoms with Crippen LogP contribution in [0, 0.1) is 0 Å². The molecule has 1 N–H and O–H groups in total. The Balaban J connectivity index is 1.55. The van der Waals surface area contributed by atoms with Crippen molar-refractivity contribution in [2.45, 2.75) is 19.1 Å². The summed E-state index contributed by atoms with van der Waals surface area (Å²) in [5.74, 6) is 0.828. The summed E-state index contributed by atoms with van der Waals surface area (Å²) in [5, 5.41) is 9.55. The minimum absolute atomic E-state index is 0.0314. The third-order valence-electron chi connectivity index (χ3n) is 4.09. The first-order valence-electron chi connectivity index (χ1n) is 8.78. The number of nitrogens with zero attached hydrogens (tertiary/aromatic N) is 1. The number of hydrogen-bond donors (Lipinski definition) is 1. The number of rotatable bonds is 8. The first kappa shape index (κ1) is 17.9. The molecule has 0 amide bonds. The van der Waals surface area contributed by atoms with Gasteiger partial charge in [-0.25, -0.2) is 0 Å². The summed E-state index contributed by atoms with van der Waals surface area (Å²) in [6.45, 7) is 0.585. The number of hydrogen-bond acceptors (Lipinski definition) is 3. The molecule has 3 aromatic rings. The molecule has 3 rings (SSSR count). The molecule has 0 aliphatic rings. The molecule has 0 radical (unpaired) electrons. The van der Waals surface area contributed by atoms with Gasteiger partial charge in [0.2, 0.25) is 0 Å². The highest BCUT2D eigenvalue weighted by molar-refractivity contribution is 5.79. The van der Waals surface area contributed by atoms with Gasteiger partial charge in [-0.15, -0.1) is 0 Å². The maximum absolute atomic E-state index is 9.55. The van der Waals surface area contributed by atoms with Crippen LogP contribution >= 0.6 is 0 Å². The van der Waals surface area contributed by atoms with E-state index in [0.29, 0.717) is 6.61 Å². The Morgan fingerprint density at radius 3 is 2.04 bits per heavy atom. The standard InChI is InChI=1S/C23H23NO2/c25-17-22(15-19-7-3-1-4-8-19)24-16-20-11-13-23(14-12-20)26-18-21-9-5-2-6-10-21/h1-14,16,22,25H,15,17-18H2. The molecule has 3 nitrogen and oxygen atoms in total. The molecule has 1 atom stereocenters. The van der Waals surface area contributed by atoms with Crippen molar-refractivity contribution in [2.24, 2.45) is 4.99 Å². The van der Waals surface area contributed by atoms with Crippen molar-refractivity contribution in [3.63, 3.8) is 0 Å². The van der Waals surface area contributed by atoms with E-state index in [1.165, 1.54) is 5.56 Å². The van der Waals surface area contributed by atoms with Crippen LogP contribution in [-0.2, 0) is 13.0 Å². The Kier molecular flexibility index (Phi) is 6.57. The molecular formula is C23H23NO2. The minimum Gasteiger partial charge on any atom is -0.489 e. The average Bonchev–Trinajstić information content (AvgIpc) is 2.72. The van der Waals surface area contributed by atoms with Crippen molar-refractivity contribution in [1.29, 1.82) is 0 Å². The molecule has 0 aromatic heterocycles. The molecule has 0 fully saturated rings. The third kappa shape index (κ3) is 5.57. The molecule has 3 aromatic carbocycles. The Morgan fingerprint density at radius 1 is 0.808 bits per heavy atom. The molecule has 0 aliphatic carbocycles. The fraction of sp³-hybridized carbons (Fsp3) is 0.174. The van der Waals surface area contributed by atoms with Crippen LogP contribution in [0.25, 0.3) is 0 Å². The number of ether oxygens (including phenoxy) is 1. The first-order chi connectivity index (χ1) is 12.8. The maximum atomic E-state index is 9.55. The molecule has 3 heteroatoms. The van der Waals surface area contributed by atoms with Gasteiger partial charge in [-0.2, -0.15) is 0 Å². The zero-order valence-corrected chi connectivity index (χ0v) is 14.7. The maximum Gasteiger partial charge on any atom is 0.119 e. The second kappa shape index (κ2) is 9.54. The molecule has 26 heavy (non-hydrogen) atoms. The van der Waals surface area contributed by atoms with Gasteiger partial charge in [-0.05, 0) is 47.4 Å². The van der Waals surface area contributed by atoms with Crippen LogP contribution in [0.3, 0.4) is 0 Å². The fourth-order valence-corrected chi connectivity index (χ4v) is 2.63. The van der Waals surface area contributed by atoms with E-state index < -0.39 is 0 Å². The smallest absolute Gasteiger partial charge is 0.119 e. The Bertz CT molecular complexity index is 799. The highest BCUT2D eigenvalue weighted by Crippen LogP contribution is 2.14. The third-order valence-corrected chi connectivity index (χ3v) is 4.09. The van der Waals surface area contributed by atoms with Crippen LogP contribution in [-0.4, -0.2) is 24.0 Å². The molecule has 132 valence electrons. The van der Waals surface area contributed by atoms with Crippen LogP contribution in [0.5, 0.6) is 5.75 Å². The lowest BCUT2D eigenvalue weighted by atomic mass is 10.1. The Labute approximate surface area is 154 Å². The van der Waals surface area contributed by atoms with Crippen LogP contribution < -0.4 is 4.74 Å². The van der Waals surface area contributed by atoms with E-state index in [1.807, 2.05) is 79.0 Å². The van der Waals surface area contributed by atoms with Crippen molar-refractivity contribution >= 4 is 6.21 Å². The lowest BCUT2D eigenvalue weighted by molar-refractivity contribution is 0.266. The molecule has 0 spiro atoms. The van der Waals surface area contributed by atoms with E-state index in [-0.39, 0.29) is 12.6 Å². The van der Waals surface area contributed by atoms with E-state index >= 15 is 0 Å². The molecule has 0 heterocycles. The number of aliphatic hydroxyl groups is 1. The summed E-state index contributed by atoms with van der Waals surface area (Å²) in [5.41, 5.74) is 3.31. The van der Waals surface area contributed by atoms with Gasteiger partial charge in [0.05, 0.1) is 12.6 Å². The lowest BCUT2D eigenvalue weighted by Gasteiger charge is -2.09. The van der Waals surface area contributed by atoms with Crippen LogP contribution in [0.4, 0.5) is 0 Å². The van der Waals surface area contributed by atoms with E-state index in [0.717, 1.165) is 23.3 Å².